The van der Waals surface area contributed by atoms with E-state index < -0.39 is 5.60 Å². The molecule has 2 heteroatoms. The second-order valence-corrected chi connectivity index (χ2v) is 7.31. The molecule has 1 aliphatic heterocycles. The summed E-state index contributed by atoms with van der Waals surface area (Å²) in [6, 6.07) is 0. The third kappa shape index (κ3) is 1.53. The molecule has 0 aromatic carbocycles. The van der Waals surface area contributed by atoms with Gasteiger partial charge in [-0.25, -0.2) is 0 Å². The van der Waals surface area contributed by atoms with E-state index in [2.05, 4.69) is 20.8 Å². The van der Waals surface area contributed by atoms with Gasteiger partial charge in [0.25, 0.3) is 0 Å². The lowest BCUT2D eigenvalue weighted by Crippen LogP contribution is -2.58. The second kappa shape index (κ2) is 3.48. The SMILES string of the molecule is C[C@@]12CCC3[C@](C)(CCC[C@@]3(C)O)[C@H]1CCO2. The van der Waals surface area contributed by atoms with Gasteiger partial charge in [-0.15, -0.1) is 0 Å². The molecule has 3 aliphatic rings. The second-order valence-electron chi connectivity index (χ2n) is 7.31. The van der Waals surface area contributed by atoms with Gasteiger partial charge in [0.1, 0.15) is 0 Å². The van der Waals surface area contributed by atoms with Crippen molar-refractivity contribution in [3.05, 3.63) is 0 Å². The zero-order valence-electron chi connectivity index (χ0n) is 11.5. The van der Waals surface area contributed by atoms with E-state index in [0.717, 1.165) is 25.9 Å². The predicted molar refractivity (Wildman–Crippen MR) is 67.8 cm³/mol. The largest absolute Gasteiger partial charge is 0.390 e. The average molecular weight is 238 g/mol. The quantitative estimate of drug-likeness (QED) is 0.702. The fourth-order valence-corrected chi connectivity index (χ4v) is 5.46. The smallest absolute Gasteiger partial charge is 0.0688 e. The van der Waals surface area contributed by atoms with Crippen molar-refractivity contribution in [2.24, 2.45) is 17.3 Å². The van der Waals surface area contributed by atoms with E-state index in [1.165, 1.54) is 19.3 Å². The van der Waals surface area contributed by atoms with Gasteiger partial charge in [-0.1, -0.05) is 13.3 Å². The van der Waals surface area contributed by atoms with E-state index in [1.54, 1.807) is 0 Å². The summed E-state index contributed by atoms with van der Waals surface area (Å²) in [4.78, 5) is 0. The van der Waals surface area contributed by atoms with Crippen LogP contribution in [0.5, 0.6) is 0 Å². The normalized spacial score (nSPS) is 58.6. The molecule has 1 unspecified atom stereocenters. The average Bonchev–Trinajstić information content (AvgIpc) is 2.60. The van der Waals surface area contributed by atoms with Gasteiger partial charge < -0.3 is 9.84 Å². The van der Waals surface area contributed by atoms with Gasteiger partial charge in [-0.2, -0.15) is 0 Å². The fraction of sp³-hybridized carbons (Fsp3) is 1.00. The molecule has 17 heavy (non-hydrogen) atoms. The number of aliphatic hydroxyl groups is 1. The molecule has 3 fully saturated rings. The number of rotatable bonds is 0. The topological polar surface area (TPSA) is 29.5 Å². The molecule has 0 amide bonds. The molecule has 5 atom stereocenters. The van der Waals surface area contributed by atoms with Crippen LogP contribution in [0.3, 0.4) is 0 Å². The van der Waals surface area contributed by atoms with E-state index in [1.807, 2.05) is 0 Å². The molecule has 0 bridgehead atoms. The van der Waals surface area contributed by atoms with Crippen LogP contribution in [0.15, 0.2) is 0 Å². The Morgan fingerprint density at radius 1 is 1.00 bits per heavy atom. The summed E-state index contributed by atoms with van der Waals surface area (Å²) < 4.78 is 6.05. The van der Waals surface area contributed by atoms with Crippen LogP contribution in [0.4, 0.5) is 0 Å². The van der Waals surface area contributed by atoms with Crippen LogP contribution in [-0.2, 0) is 4.74 Å². The molecule has 98 valence electrons. The number of ether oxygens (including phenoxy) is 1. The molecule has 2 aliphatic carbocycles. The molecule has 3 rings (SSSR count). The van der Waals surface area contributed by atoms with Crippen molar-refractivity contribution in [3.8, 4) is 0 Å². The summed E-state index contributed by atoms with van der Waals surface area (Å²) in [7, 11) is 0. The van der Waals surface area contributed by atoms with Gasteiger partial charge in [0, 0.05) is 6.61 Å². The molecule has 1 saturated heterocycles. The summed E-state index contributed by atoms with van der Waals surface area (Å²) >= 11 is 0. The highest BCUT2D eigenvalue weighted by atomic mass is 16.5. The number of hydrogen-bond acceptors (Lipinski definition) is 2. The summed E-state index contributed by atoms with van der Waals surface area (Å²) in [5.74, 6) is 1.13. The first kappa shape index (κ1) is 12.0. The van der Waals surface area contributed by atoms with Crippen LogP contribution in [-0.4, -0.2) is 22.9 Å². The summed E-state index contributed by atoms with van der Waals surface area (Å²) in [6.45, 7) is 7.71. The minimum Gasteiger partial charge on any atom is -0.390 e. The number of hydrogen-bond donors (Lipinski definition) is 1. The van der Waals surface area contributed by atoms with Crippen LogP contribution in [0, 0.1) is 17.3 Å². The predicted octanol–water partition coefficient (Wildman–Crippen LogP) is 3.13. The Balaban J connectivity index is 1.98. The summed E-state index contributed by atoms with van der Waals surface area (Å²) in [6.07, 6.45) is 6.89. The lowest BCUT2D eigenvalue weighted by atomic mass is 9.48. The van der Waals surface area contributed by atoms with Crippen LogP contribution in [0.1, 0.15) is 59.3 Å². The highest BCUT2D eigenvalue weighted by molar-refractivity contribution is 5.10. The molecule has 0 radical (unpaired) electrons. The zero-order valence-corrected chi connectivity index (χ0v) is 11.5. The van der Waals surface area contributed by atoms with Gasteiger partial charge in [-0.05, 0) is 63.2 Å². The van der Waals surface area contributed by atoms with E-state index >= 15 is 0 Å². The Hall–Kier alpha value is -0.0800. The Bertz CT molecular complexity index is 321. The molecule has 2 nitrogen and oxygen atoms in total. The monoisotopic (exact) mass is 238 g/mol. The molecule has 1 heterocycles. The van der Waals surface area contributed by atoms with Crippen molar-refractivity contribution in [1.82, 2.24) is 0 Å². The highest BCUT2D eigenvalue weighted by Crippen LogP contribution is 2.62. The van der Waals surface area contributed by atoms with Gasteiger partial charge in [0.2, 0.25) is 0 Å². The van der Waals surface area contributed by atoms with Gasteiger partial charge in [-0.3, -0.25) is 0 Å². The Labute approximate surface area is 105 Å². The third-order valence-electron chi connectivity index (χ3n) is 6.25. The third-order valence-corrected chi connectivity index (χ3v) is 6.25. The fourth-order valence-electron chi connectivity index (χ4n) is 5.46. The molecular formula is C15H26O2. The molecule has 0 aromatic rings. The summed E-state index contributed by atoms with van der Waals surface area (Å²) in [5, 5.41) is 10.7. The van der Waals surface area contributed by atoms with Crippen LogP contribution in [0.25, 0.3) is 0 Å². The first-order chi connectivity index (χ1) is 7.89. The van der Waals surface area contributed by atoms with Crippen molar-refractivity contribution < 1.29 is 9.84 Å². The Morgan fingerprint density at radius 3 is 2.53 bits per heavy atom. The standard InChI is InChI=1S/C15H26O2/c1-13-7-4-8-14(2,16)11(13)5-9-15(3)12(13)6-10-17-15/h11-12,16H,4-10H2,1-3H3/t11?,12-,13+,14-,15-/m1/s1. The molecule has 0 aromatic heterocycles. The lowest BCUT2D eigenvalue weighted by molar-refractivity contribution is -0.179. The zero-order chi connectivity index (χ0) is 12.3. The van der Waals surface area contributed by atoms with Crippen LogP contribution < -0.4 is 0 Å². The first-order valence-corrected chi connectivity index (χ1v) is 7.25. The Kier molecular flexibility index (Phi) is 2.45. The number of fused-ring (bicyclic) bond motifs is 3. The molecule has 1 N–H and O–H groups in total. The summed E-state index contributed by atoms with van der Waals surface area (Å²) in [5.41, 5.74) is -0.0547. The molecular weight excluding hydrogens is 212 g/mol. The van der Waals surface area contributed by atoms with E-state index in [9.17, 15) is 5.11 Å². The molecule has 2 saturated carbocycles. The van der Waals surface area contributed by atoms with Crippen molar-refractivity contribution in [2.75, 3.05) is 6.61 Å². The van der Waals surface area contributed by atoms with Gasteiger partial charge in [0.05, 0.1) is 11.2 Å². The Morgan fingerprint density at radius 2 is 1.76 bits per heavy atom. The van der Waals surface area contributed by atoms with Crippen molar-refractivity contribution in [1.29, 1.82) is 0 Å². The van der Waals surface area contributed by atoms with Crippen LogP contribution >= 0.6 is 0 Å². The maximum absolute atomic E-state index is 10.7. The van der Waals surface area contributed by atoms with E-state index in [0.29, 0.717) is 17.3 Å². The van der Waals surface area contributed by atoms with Gasteiger partial charge >= 0.3 is 0 Å². The minimum absolute atomic E-state index is 0.0959. The van der Waals surface area contributed by atoms with Crippen molar-refractivity contribution in [2.45, 2.75) is 70.5 Å². The highest BCUT2D eigenvalue weighted by Gasteiger charge is 2.61. The van der Waals surface area contributed by atoms with E-state index in [4.69, 9.17) is 4.74 Å². The lowest BCUT2D eigenvalue weighted by Gasteiger charge is -2.59. The van der Waals surface area contributed by atoms with E-state index in [-0.39, 0.29) is 5.60 Å². The first-order valence-electron chi connectivity index (χ1n) is 7.25. The maximum Gasteiger partial charge on any atom is 0.0688 e. The minimum atomic E-state index is -0.448. The van der Waals surface area contributed by atoms with Crippen molar-refractivity contribution in [3.63, 3.8) is 0 Å². The van der Waals surface area contributed by atoms with Gasteiger partial charge in [0.15, 0.2) is 0 Å². The van der Waals surface area contributed by atoms with Crippen LogP contribution in [0.2, 0.25) is 0 Å². The molecule has 0 spiro atoms. The van der Waals surface area contributed by atoms with Crippen molar-refractivity contribution >= 4 is 0 Å². The maximum atomic E-state index is 10.7.